The molecule has 3 atom stereocenters. The number of thiazole rings is 1. The van der Waals surface area contributed by atoms with Gasteiger partial charge < -0.3 is 20.7 Å². The zero-order chi connectivity index (χ0) is 28.8. The number of benzene rings is 1. The minimum Gasteiger partial charge on any atom is -0.381 e. The van der Waals surface area contributed by atoms with Crippen LogP contribution >= 0.6 is 11.3 Å². The lowest BCUT2D eigenvalue weighted by molar-refractivity contribution is -0.140. The van der Waals surface area contributed by atoms with E-state index in [1.165, 1.54) is 11.3 Å². The van der Waals surface area contributed by atoms with Crippen LogP contribution in [0.1, 0.15) is 48.2 Å². The lowest BCUT2D eigenvalue weighted by atomic mass is 9.75. The second-order valence-electron chi connectivity index (χ2n) is 11.6. The third-order valence-corrected chi connectivity index (χ3v) is 9.73. The van der Waals surface area contributed by atoms with Gasteiger partial charge in [-0.05, 0) is 57.4 Å². The number of hydrogen-bond acceptors (Lipinski definition) is 7. The molecule has 2 fully saturated rings. The first-order valence-electron chi connectivity index (χ1n) is 14.7. The Labute approximate surface area is 246 Å². The number of allylic oxidation sites excluding steroid dienone is 2. The molecule has 3 aliphatic heterocycles. The highest BCUT2D eigenvalue weighted by atomic mass is 32.1. The molecule has 0 bridgehead atoms. The summed E-state index contributed by atoms with van der Waals surface area (Å²) in [6.07, 6.45) is 8.12. The van der Waals surface area contributed by atoms with Crippen LogP contribution in [-0.2, 0) is 25.5 Å². The fourth-order valence-corrected chi connectivity index (χ4v) is 6.92. The molecule has 0 saturated carbocycles. The van der Waals surface area contributed by atoms with Crippen LogP contribution in [-0.4, -0.2) is 72.5 Å². The highest BCUT2D eigenvalue weighted by Gasteiger charge is 2.41. The number of nitrogens with one attached hydrogen (secondary N) is 3. The number of carbonyl (C=O) groups excluding carboxylic acids is 3. The van der Waals surface area contributed by atoms with E-state index in [4.69, 9.17) is 4.74 Å². The van der Waals surface area contributed by atoms with Crippen molar-refractivity contribution >= 4 is 34.2 Å². The Kier molecular flexibility index (Phi) is 9.52. The summed E-state index contributed by atoms with van der Waals surface area (Å²) in [4.78, 5) is 48.0. The van der Waals surface area contributed by atoms with Crippen molar-refractivity contribution in [1.29, 1.82) is 0 Å². The van der Waals surface area contributed by atoms with E-state index < -0.39 is 11.5 Å². The molecule has 0 aliphatic carbocycles. The quantitative estimate of drug-likeness (QED) is 0.469. The minimum absolute atomic E-state index is 0.0395. The van der Waals surface area contributed by atoms with Crippen LogP contribution in [0.5, 0.6) is 0 Å². The van der Waals surface area contributed by atoms with E-state index in [-0.39, 0.29) is 36.2 Å². The predicted octanol–water partition coefficient (Wildman–Crippen LogP) is 3.38. The zero-order valence-electron chi connectivity index (χ0n) is 24.0. The number of rotatable bonds is 5. The average molecular weight is 580 g/mol. The predicted molar refractivity (Wildman–Crippen MR) is 160 cm³/mol. The molecule has 3 aliphatic rings. The summed E-state index contributed by atoms with van der Waals surface area (Å²) < 4.78 is 5.60. The number of hydrogen-bond donors (Lipinski definition) is 3. The van der Waals surface area contributed by atoms with E-state index in [0.29, 0.717) is 57.1 Å². The molecule has 10 heteroatoms. The number of ether oxygens (including phenoxy) is 1. The summed E-state index contributed by atoms with van der Waals surface area (Å²) in [5, 5.41) is 10.0. The topological polar surface area (TPSA) is 113 Å². The Bertz CT molecular complexity index is 1240. The third kappa shape index (κ3) is 7.42. The number of aryl methyl sites for hydroxylation is 2. The number of aromatic nitrogens is 1. The van der Waals surface area contributed by atoms with Crippen LogP contribution in [0, 0.1) is 25.2 Å². The fraction of sp³-hybridized carbons (Fsp3) is 0.548. The van der Waals surface area contributed by atoms with Gasteiger partial charge in [0.2, 0.25) is 17.7 Å². The van der Waals surface area contributed by atoms with Crippen LogP contribution in [0.4, 0.5) is 5.13 Å². The van der Waals surface area contributed by atoms with Gasteiger partial charge >= 0.3 is 0 Å². The van der Waals surface area contributed by atoms with Crippen molar-refractivity contribution in [3.05, 3.63) is 58.6 Å². The van der Waals surface area contributed by atoms with Gasteiger partial charge in [-0.25, -0.2) is 4.98 Å². The first-order chi connectivity index (χ1) is 19.8. The maximum Gasteiger partial charge on any atom is 0.243 e. The van der Waals surface area contributed by atoms with Gasteiger partial charge in [0.15, 0.2) is 5.13 Å². The SMILES string of the molecule is Cc1nc(NC(=O)CN2CC[C@@H]3NC(=O)[C@@H](Cc4ccccc4)NC(=O)C4(C/C=C/C[C@@H]3C2)CCOCC4)sc1C. The highest BCUT2D eigenvalue weighted by molar-refractivity contribution is 7.15. The van der Waals surface area contributed by atoms with Crippen molar-refractivity contribution in [3.63, 3.8) is 0 Å². The van der Waals surface area contributed by atoms with Crippen LogP contribution in [0.2, 0.25) is 0 Å². The number of carbonyl (C=O) groups is 3. The molecule has 220 valence electrons. The normalized spacial score (nSPS) is 26.1. The summed E-state index contributed by atoms with van der Waals surface area (Å²) in [5.41, 5.74) is 1.36. The molecule has 9 nitrogen and oxygen atoms in total. The highest BCUT2D eigenvalue weighted by Crippen LogP contribution is 2.36. The Morgan fingerprint density at radius 1 is 1.15 bits per heavy atom. The largest absolute Gasteiger partial charge is 0.381 e. The van der Waals surface area contributed by atoms with Gasteiger partial charge in [0.25, 0.3) is 0 Å². The second kappa shape index (κ2) is 13.3. The Hall–Kier alpha value is -3.08. The molecule has 2 saturated heterocycles. The zero-order valence-corrected chi connectivity index (χ0v) is 24.8. The lowest BCUT2D eigenvalue weighted by Crippen LogP contribution is -2.58. The van der Waals surface area contributed by atoms with E-state index in [1.54, 1.807) is 0 Å². The second-order valence-corrected chi connectivity index (χ2v) is 12.8. The van der Waals surface area contributed by atoms with E-state index >= 15 is 0 Å². The molecule has 41 heavy (non-hydrogen) atoms. The van der Waals surface area contributed by atoms with E-state index in [2.05, 4.69) is 38.0 Å². The Morgan fingerprint density at radius 3 is 2.66 bits per heavy atom. The fourth-order valence-electron chi connectivity index (χ4n) is 6.09. The maximum absolute atomic E-state index is 13.7. The number of nitrogens with zero attached hydrogens (tertiary/aromatic N) is 2. The molecule has 1 spiro atoms. The summed E-state index contributed by atoms with van der Waals surface area (Å²) in [6.45, 7) is 6.71. The number of amides is 3. The first kappa shape index (κ1) is 29.4. The van der Waals surface area contributed by atoms with Crippen LogP contribution in [0.3, 0.4) is 0 Å². The van der Waals surface area contributed by atoms with E-state index in [1.807, 2.05) is 44.2 Å². The number of likely N-dealkylation sites (tertiary alicyclic amines) is 1. The van der Waals surface area contributed by atoms with Crippen LogP contribution in [0.15, 0.2) is 42.5 Å². The maximum atomic E-state index is 13.7. The third-order valence-electron chi connectivity index (χ3n) is 8.74. The molecular formula is C31H41N5O4S. The van der Waals surface area contributed by atoms with E-state index in [0.717, 1.165) is 29.0 Å². The summed E-state index contributed by atoms with van der Waals surface area (Å²) in [6, 6.07) is 9.13. The monoisotopic (exact) mass is 579 g/mol. The van der Waals surface area contributed by atoms with Gasteiger partial charge in [0.05, 0.1) is 17.7 Å². The van der Waals surface area contributed by atoms with Crippen molar-refractivity contribution in [1.82, 2.24) is 20.5 Å². The molecular weight excluding hydrogens is 538 g/mol. The summed E-state index contributed by atoms with van der Waals surface area (Å²) >= 11 is 1.49. The van der Waals surface area contributed by atoms with Crippen molar-refractivity contribution in [3.8, 4) is 0 Å². The van der Waals surface area contributed by atoms with Crippen molar-refractivity contribution in [2.45, 2.75) is 64.5 Å². The smallest absolute Gasteiger partial charge is 0.243 e. The number of anilines is 1. The number of fused-ring (bicyclic) bond motifs is 1. The lowest BCUT2D eigenvalue weighted by Gasteiger charge is -2.40. The van der Waals surface area contributed by atoms with Gasteiger partial charge in [-0.1, -0.05) is 42.5 Å². The molecule has 5 rings (SSSR count). The minimum atomic E-state index is -0.664. The van der Waals surface area contributed by atoms with Crippen molar-refractivity contribution in [2.24, 2.45) is 11.3 Å². The summed E-state index contributed by atoms with van der Waals surface area (Å²) in [5.74, 6) is -0.133. The molecule has 1 aromatic heterocycles. The standard InChI is InChI=1S/C31H41N5O4S/c1-21-22(2)41-30(32-21)35-27(37)20-36-15-11-25-24(19-36)10-6-7-12-31(13-16-40-17-14-31)29(39)34-26(28(38)33-25)18-23-8-4-3-5-9-23/h3-9,24-26H,10-20H2,1-2H3,(H,33,38)(H,34,39)(H,32,35,37)/b7-6+/t24-,25+,26-/m1/s1. The summed E-state index contributed by atoms with van der Waals surface area (Å²) in [7, 11) is 0. The average Bonchev–Trinajstić information content (AvgIpc) is 3.28. The Morgan fingerprint density at radius 2 is 1.93 bits per heavy atom. The van der Waals surface area contributed by atoms with Gasteiger partial charge in [-0.2, -0.15) is 0 Å². The van der Waals surface area contributed by atoms with Crippen molar-refractivity contribution < 1.29 is 19.1 Å². The van der Waals surface area contributed by atoms with Gasteiger partial charge in [-0.3, -0.25) is 19.3 Å². The van der Waals surface area contributed by atoms with Gasteiger partial charge in [0, 0.05) is 43.6 Å². The molecule has 4 heterocycles. The number of piperidine rings is 1. The Balaban J connectivity index is 1.31. The molecule has 3 amide bonds. The molecule has 2 aromatic rings. The van der Waals surface area contributed by atoms with Crippen molar-refractivity contribution in [2.75, 3.05) is 38.2 Å². The first-order valence-corrected chi connectivity index (χ1v) is 15.5. The van der Waals surface area contributed by atoms with Crippen LogP contribution < -0.4 is 16.0 Å². The molecule has 3 N–H and O–H groups in total. The van der Waals surface area contributed by atoms with E-state index in [9.17, 15) is 14.4 Å². The van der Waals surface area contributed by atoms with Gasteiger partial charge in [0.1, 0.15) is 6.04 Å². The van der Waals surface area contributed by atoms with Gasteiger partial charge in [-0.15, -0.1) is 11.3 Å². The molecule has 1 aromatic carbocycles. The molecule has 0 unspecified atom stereocenters. The van der Waals surface area contributed by atoms with Crippen LogP contribution in [0.25, 0.3) is 0 Å². The molecule has 0 radical (unpaired) electrons.